The number of benzene rings is 1. The van der Waals surface area contributed by atoms with E-state index in [2.05, 4.69) is 5.32 Å². The molecule has 2 N–H and O–H groups in total. The van der Waals surface area contributed by atoms with Crippen molar-refractivity contribution in [3.05, 3.63) is 41.3 Å². The molecule has 1 amide bonds. The van der Waals surface area contributed by atoms with Crippen LogP contribution in [0.5, 0.6) is 5.75 Å². The summed E-state index contributed by atoms with van der Waals surface area (Å²) in [5, 5.41) is 10.9. The smallest absolute Gasteiger partial charge is 0.322 e. The van der Waals surface area contributed by atoms with Gasteiger partial charge in [0.05, 0.1) is 11.0 Å². The maximum Gasteiger partial charge on any atom is 0.322 e. The molecule has 0 aliphatic heterocycles. The van der Waals surface area contributed by atoms with Crippen molar-refractivity contribution in [1.29, 1.82) is 0 Å². The van der Waals surface area contributed by atoms with Gasteiger partial charge in [-0.3, -0.25) is 9.59 Å². The van der Waals surface area contributed by atoms with Crippen molar-refractivity contribution in [3.8, 4) is 16.2 Å². The molecule has 3 rings (SSSR count). The van der Waals surface area contributed by atoms with E-state index in [0.717, 1.165) is 29.0 Å². The van der Waals surface area contributed by atoms with E-state index in [1.54, 1.807) is 6.07 Å². The number of rotatable bonds is 6. The average Bonchev–Trinajstić information content (AvgIpc) is 3.18. The van der Waals surface area contributed by atoms with Crippen molar-refractivity contribution in [2.45, 2.75) is 18.9 Å². The topological polar surface area (TPSA) is 75.6 Å². The number of carboxylic acids is 1. The third-order valence-corrected chi connectivity index (χ3v) is 4.33. The van der Waals surface area contributed by atoms with Crippen LogP contribution in [-0.2, 0) is 4.79 Å². The van der Waals surface area contributed by atoms with Crippen LogP contribution in [0, 0.1) is 0 Å². The number of aliphatic carboxylic acids is 1. The Morgan fingerprint density at radius 2 is 1.91 bits per heavy atom. The molecule has 1 aliphatic carbocycles. The van der Waals surface area contributed by atoms with Gasteiger partial charge in [0.1, 0.15) is 12.3 Å². The lowest BCUT2D eigenvalue weighted by molar-refractivity contribution is -0.135. The number of ether oxygens (including phenoxy) is 1. The Balaban J connectivity index is 1.67. The standard InChI is InChI=1S/C16H15NO4S/c18-15(19)9-17-16(20)14-8-7-13(22-14)10-1-3-11(4-2-10)21-12-5-6-12/h1-4,7-8,12H,5-6,9H2,(H,17,20)(H,18,19). The predicted molar refractivity (Wildman–Crippen MR) is 83.4 cm³/mol. The quantitative estimate of drug-likeness (QED) is 0.859. The van der Waals surface area contributed by atoms with Crippen LogP contribution in [0.25, 0.3) is 10.4 Å². The lowest BCUT2D eigenvalue weighted by Gasteiger charge is -2.04. The van der Waals surface area contributed by atoms with Crippen molar-refractivity contribution in [2.24, 2.45) is 0 Å². The second-order valence-corrected chi connectivity index (χ2v) is 6.17. The Labute approximate surface area is 131 Å². The molecular weight excluding hydrogens is 302 g/mol. The number of hydrogen-bond acceptors (Lipinski definition) is 4. The number of hydrogen-bond donors (Lipinski definition) is 2. The van der Waals surface area contributed by atoms with Crippen LogP contribution in [0.2, 0.25) is 0 Å². The fraction of sp³-hybridized carbons (Fsp3) is 0.250. The summed E-state index contributed by atoms with van der Waals surface area (Å²) in [5.41, 5.74) is 1.01. The first-order valence-corrected chi connectivity index (χ1v) is 7.80. The van der Waals surface area contributed by atoms with Crippen molar-refractivity contribution >= 4 is 23.2 Å². The monoisotopic (exact) mass is 317 g/mol. The van der Waals surface area contributed by atoms with Gasteiger partial charge in [-0.25, -0.2) is 0 Å². The van der Waals surface area contributed by atoms with Gasteiger partial charge in [0, 0.05) is 4.88 Å². The molecule has 1 aromatic heterocycles. The van der Waals surface area contributed by atoms with E-state index < -0.39 is 5.97 Å². The lowest BCUT2D eigenvalue weighted by Crippen LogP contribution is -2.28. The molecule has 1 aromatic carbocycles. The van der Waals surface area contributed by atoms with Crippen molar-refractivity contribution in [2.75, 3.05) is 6.54 Å². The molecule has 1 aliphatic rings. The van der Waals surface area contributed by atoms with Crippen molar-refractivity contribution in [1.82, 2.24) is 5.32 Å². The van der Waals surface area contributed by atoms with Gasteiger partial charge in [-0.1, -0.05) is 0 Å². The first kappa shape index (κ1) is 14.6. The van der Waals surface area contributed by atoms with Crippen LogP contribution < -0.4 is 10.1 Å². The van der Waals surface area contributed by atoms with Crippen LogP contribution in [-0.4, -0.2) is 29.6 Å². The van der Waals surface area contributed by atoms with Crippen molar-refractivity contribution < 1.29 is 19.4 Å². The predicted octanol–water partition coefficient (Wildman–Crippen LogP) is 2.77. The first-order valence-electron chi connectivity index (χ1n) is 6.99. The van der Waals surface area contributed by atoms with Gasteiger partial charge in [-0.15, -0.1) is 11.3 Å². The number of carbonyl (C=O) groups excluding carboxylic acids is 1. The summed E-state index contributed by atoms with van der Waals surface area (Å²) in [6, 6.07) is 11.3. The van der Waals surface area contributed by atoms with Gasteiger partial charge in [0.15, 0.2) is 0 Å². The summed E-state index contributed by atoms with van der Waals surface area (Å²) in [7, 11) is 0. The van der Waals surface area contributed by atoms with Crippen molar-refractivity contribution in [3.63, 3.8) is 0 Å². The maximum atomic E-state index is 11.8. The highest BCUT2D eigenvalue weighted by atomic mass is 32.1. The minimum atomic E-state index is -1.06. The van der Waals surface area contributed by atoms with Gasteiger partial charge >= 0.3 is 5.97 Å². The molecule has 0 saturated heterocycles. The second-order valence-electron chi connectivity index (χ2n) is 5.08. The largest absolute Gasteiger partial charge is 0.490 e. The molecule has 0 unspecified atom stereocenters. The van der Waals surface area contributed by atoms with E-state index in [9.17, 15) is 9.59 Å². The van der Waals surface area contributed by atoms with Crippen LogP contribution in [0.1, 0.15) is 22.5 Å². The third-order valence-electron chi connectivity index (χ3n) is 3.20. The second kappa shape index (κ2) is 6.19. The zero-order chi connectivity index (χ0) is 15.5. The highest BCUT2D eigenvalue weighted by Gasteiger charge is 2.23. The van der Waals surface area contributed by atoms with E-state index >= 15 is 0 Å². The molecule has 1 heterocycles. The Hall–Kier alpha value is -2.34. The Morgan fingerprint density at radius 1 is 1.18 bits per heavy atom. The van der Waals surface area contributed by atoms with Gasteiger partial charge in [-0.05, 0) is 54.8 Å². The third kappa shape index (κ3) is 3.65. The highest BCUT2D eigenvalue weighted by Crippen LogP contribution is 2.31. The molecule has 1 saturated carbocycles. The minimum absolute atomic E-state index is 0.368. The molecule has 6 heteroatoms. The number of amides is 1. The Kier molecular flexibility index (Phi) is 4.11. The Bertz CT molecular complexity index is 688. The molecule has 0 spiro atoms. The van der Waals surface area contributed by atoms with Crippen LogP contribution in [0.4, 0.5) is 0 Å². The van der Waals surface area contributed by atoms with E-state index in [1.807, 2.05) is 30.3 Å². The van der Waals surface area contributed by atoms with Gasteiger partial charge in [0.25, 0.3) is 5.91 Å². The number of carbonyl (C=O) groups is 2. The highest BCUT2D eigenvalue weighted by molar-refractivity contribution is 7.17. The summed E-state index contributed by atoms with van der Waals surface area (Å²) in [6.07, 6.45) is 2.63. The number of thiophene rings is 1. The summed E-state index contributed by atoms with van der Waals surface area (Å²) in [5.74, 6) is -0.564. The SMILES string of the molecule is O=C(O)CNC(=O)c1ccc(-c2ccc(OC3CC3)cc2)s1. The van der Waals surface area contributed by atoms with E-state index in [0.29, 0.717) is 11.0 Å². The van der Waals surface area contributed by atoms with Gasteiger partial charge in [0.2, 0.25) is 0 Å². The number of carboxylic acid groups (broad SMARTS) is 1. The van der Waals surface area contributed by atoms with Gasteiger partial charge < -0.3 is 15.2 Å². The van der Waals surface area contributed by atoms with E-state index in [4.69, 9.17) is 9.84 Å². The molecule has 114 valence electrons. The zero-order valence-electron chi connectivity index (χ0n) is 11.7. The molecule has 5 nitrogen and oxygen atoms in total. The summed E-state index contributed by atoms with van der Waals surface area (Å²) in [4.78, 5) is 23.7. The van der Waals surface area contributed by atoms with Gasteiger partial charge in [-0.2, -0.15) is 0 Å². The van der Waals surface area contributed by atoms with Crippen LogP contribution >= 0.6 is 11.3 Å². The first-order chi connectivity index (χ1) is 10.6. The fourth-order valence-corrected chi connectivity index (χ4v) is 2.86. The average molecular weight is 317 g/mol. The maximum absolute atomic E-state index is 11.8. The summed E-state index contributed by atoms with van der Waals surface area (Å²) >= 11 is 1.33. The van der Waals surface area contributed by atoms with Crippen LogP contribution in [0.15, 0.2) is 36.4 Å². The number of nitrogens with one attached hydrogen (secondary N) is 1. The molecule has 0 bridgehead atoms. The van der Waals surface area contributed by atoms with E-state index in [-0.39, 0.29) is 12.5 Å². The summed E-state index contributed by atoms with van der Waals surface area (Å²) in [6.45, 7) is -0.376. The molecule has 22 heavy (non-hydrogen) atoms. The van der Waals surface area contributed by atoms with E-state index in [1.165, 1.54) is 11.3 Å². The molecule has 1 fully saturated rings. The Morgan fingerprint density at radius 3 is 2.55 bits per heavy atom. The molecular formula is C16H15NO4S. The fourth-order valence-electron chi connectivity index (χ4n) is 1.93. The molecule has 0 atom stereocenters. The lowest BCUT2D eigenvalue weighted by atomic mass is 10.2. The molecule has 0 radical (unpaired) electrons. The summed E-state index contributed by atoms with van der Waals surface area (Å²) < 4.78 is 5.70. The molecule has 2 aromatic rings. The minimum Gasteiger partial charge on any atom is -0.490 e. The van der Waals surface area contributed by atoms with Crippen LogP contribution in [0.3, 0.4) is 0 Å². The normalized spacial score (nSPS) is 13.6. The zero-order valence-corrected chi connectivity index (χ0v) is 12.6.